The highest BCUT2D eigenvalue weighted by Gasteiger charge is 2.15. The monoisotopic (exact) mass is 346 g/mol. The van der Waals surface area contributed by atoms with Gasteiger partial charge in [0.15, 0.2) is 0 Å². The van der Waals surface area contributed by atoms with Crippen molar-refractivity contribution in [1.29, 1.82) is 0 Å². The summed E-state index contributed by atoms with van der Waals surface area (Å²) in [4.78, 5) is 23.0. The first-order valence-corrected chi connectivity index (χ1v) is 7.27. The molecular weight excluding hydrogens is 338 g/mol. The summed E-state index contributed by atoms with van der Waals surface area (Å²) in [6.45, 7) is 1.26. The molecule has 1 aromatic carbocycles. The highest BCUT2D eigenvalue weighted by Crippen LogP contribution is 2.31. The minimum atomic E-state index is -0.597. The second-order valence-electron chi connectivity index (χ2n) is 4.07. The summed E-state index contributed by atoms with van der Waals surface area (Å²) < 4.78 is 14.2. The topological polar surface area (TPSA) is 58.2 Å². The van der Waals surface area contributed by atoms with E-state index >= 15 is 0 Å². The van der Waals surface area contributed by atoms with Crippen molar-refractivity contribution in [2.24, 2.45) is 0 Å². The molecule has 1 aromatic heterocycles. The fraction of sp³-hybridized carbons (Fsp3) is 0.0769. The highest BCUT2D eigenvalue weighted by molar-refractivity contribution is 7.20. The van der Waals surface area contributed by atoms with Crippen molar-refractivity contribution in [3.05, 3.63) is 44.3 Å². The Morgan fingerprint density at radius 2 is 1.90 bits per heavy atom. The molecule has 0 saturated carbocycles. The minimum Gasteiger partial charge on any atom is -0.324 e. The maximum atomic E-state index is 13.5. The van der Waals surface area contributed by atoms with Gasteiger partial charge in [0, 0.05) is 12.6 Å². The van der Waals surface area contributed by atoms with Gasteiger partial charge in [-0.05, 0) is 24.3 Å². The number of carbonyl (C=O) groups excluding carboxylic acids is 2. The number of carbonyl (C=O) groups is 2. The van der Waals surface area contributed by atoms with Gasteiger partial charge in [0.25, 0.3) is 5.91 Å². The van der Waals surface area contributed by atoms with Crippen LogP contribution < -0.4 is 10.6 Å². The van der Waals surface area contributed by atoms with E-state index in [1.54, 1.807) is 0 Å². The molecule has 0 aliphatic heterocycles. The van der Waals surface area contributed by atoms with Crippen LogP contribution in [0.4, 0.5) is 15.8 Å². The van der Waals surface area contributed by atoms with Gasteiger partial charge in [-0.3, -0.25) is 9.59 Å². The number of benzene rings is 1. The summed E-state index contributed by atoms with van der Waals surface area (Å²) in [6.07, 6.45) is 0. The van der Waals surface area contributed by atoms with E-state index in [0.29, 0.717) is 10.0 Å². The number of halogens is 3. The van der Waals surface area contributed by atoms with Crippen LogP contribution in [-0.2, 0) is 4.79 Å². The molecule has 2 amide bonds. The lowest BCUT2D eigenvalue weighted by Crippen LogP contribution is -2.13. The summed E-state index contributed by atoms with van der Waals surface area (Å²) in [5.41, 5.74) is 0.537. The fourth-order valence-corrected chi connectivity index (χ4v) is 3.04. The maximum absolute atomic E-state index is 13.5. The number of nitrogens with one attached hydrogen (secondary N) is 2. The maximum Gasteiger partial charge on any atom is 0.258 e. The summed E-state index contributed by atoms with van der Waals surface area (Å²) in [5.74, 6) is -1.48. The molecule has 0 unspecified atom stereocenters. The number of hydrogen-bond acceptors (Lipinski definition) is 3. The van der Waals surface area contributed by atoms with Crippen molar-refractivity contribution in [2.45, 2.75) is 6.92 Å². The van der Waals surface area contributed by atoms with Crippen LogP contribution in [-0.4, -0.2) is 11.8 Å². The van der Waals surface area contributed by atoms with Crippen molar-refractivity contribution in [3.8, 4) is 0 Å². The Kier molecular flexibility index (Phi) is 4.82. The highest BCUT2D eigenvalue weighted by atomic mass is 35.5. The third-order valence-electron chi connectivity index (χ3n) is 2.44. The Morgan fingerprint density at radius 3 is 2.48 bits per heavy atom. The molecule has 21 heavy (non-hydrogen) atoms. The summed E-state index contributed by atoms with van der Waals surface area (Å²) in [7, 11) is 0. The van der Waals surface area contributed by atoms with E-state index in [9.17, 15) is 14.0 Å². The van der Waals surface area contributed by atoms with Crippen LogP contribution in [0.25, 0.3) is 0 Å². The van der Waals surface area contributed by atoms with E-state index in [-0.39, 0.29) is 15.6 Å². The van der Waals surface area contributed by atoms with E-state index in [2.05, 4.69) is 10.6 Å². The predicted molar refractivity (Wildman–Crippen MR) is 83.0 cm³/mol. The van der Waals surface area contributed by atoms with Gasteiger partial charge < -0.3 is 10.6 Å². The van der Waals surface area contributed by atoms with Gasteiger partial charge in [-0.1, -0.05) is 23.2 Å². The predicted octanol–water partition coefficient (Wildman–Crippen LogP) is 4.40. The molecule has 0 fully saturated rings. The number of rotatable bonds is 3. The third-order valence-corrected chi connectivity index (χ3v) is 3.92. The molecule has 0 aliphatic carbocycles. The van der Waals surface area contributed by atoms with E-state index < -0.39 is 17.6 Å². The molecule has 2 aromatic rings. The van der Waals surface area contributed by atoms with Crippen molar-refractivity contribution in [2.75, 3.05) is 10.6 Å². The zero-order valence-electron chi connectivity index (χ0n) is 10.7. The minimum absolute atomic E-state index is 0.0188. The molecule has 1 heterocycles. The first kappa shape index (κ1) is 15.8. The van der Waals surface area contributed by atoms with Crippen LogP contribution in [0.15, 0.2) is 24.3 Å². The summed E-state index contributed by atoms with van der Waals surface area (Å²) >= 11 is 12.7. The Hall–Kier alpha value is -1.63. The second-order valence-corrected chi connectivity index (χ2v) is 6.35. The second kappa shape index (κ2) is 6.43. The number of thiophene rings is 1. The average molecular weight is 347 g/mol. The first-order chi connectivity index (χ1) is 9.86. The first-order valence-electron chi connectivity index (χ1n) is 5.70. The van der Waals surface area contributed by atoms with Crippen LogP contribution >= 0.6 is 34.5 Å². The van der Waals surface area contributed by atoms with Gasteiger partial charge in [-0.25, -0.2) is 4.39 Å². The molecule has 0 aliphatic rings. The molecule has 8 heteroatoms. The van der Waals surface area contributed by atoms with Crippen LogP contribution in [0.5, 0.6) is 0 Å². The zero-order valence-corrected chi connectivity index (χ0v) is 13.0. The lowest BCUT2D eigenvalue weighted by atomic mass is 10.2. The Bertz CT molecular complexity index is 718. The molecular formula is C13H9Cl2FN2O2S. The van der Waals surface area contributed by atoms with E-state index in [4.69, 9.17) is 23.2 Å². The van der Waals surface area contributed by atoms with Gasteiger partial charge in [0.1, 0.15) is 10.2 Å². The van der Waals surface area contributed by atoms with Crippen LogP contribution in [0.2, 0.25) is 8.67 Å². The molecule has 110 valence electrons. The van der Waals surface area contributed by atoms with Crippen LogP contribution in [0.1, 0.15) is 17.3 Å². The van der Waals surface area contributed by atoms with Crippen molar-refractivity contribution in [1.82, 2.24) is 0 Å². The van der Waals surface area contributed by atoms with E-state index in [1.165, 1.54) is 25.1 Å². The van der Waals surface area contributed by atoms with Crippen molar-refractivity contribution < 1.29 is 14.0 Å². The summed E-state index contributed by atoms with van der Waals surface area (Å²) in [6, 6.07) is 5.28. The quantitative estimate of drug-likeness (QED) is 0.864. The molecule has 4 nitrogen and oxygen atoms in total. The lowest BCUT2D eigenvalue weighted by Gasteiger charge is -2.08. The number of amides is 2. The van der Waals surface area contributed by atoms with Crippen LogP contribution in [0, 0.1) is 5.82 Å². The SMILES string of the molecule is CC(=O)Nc1cc(NC(=O)c2cc(Cl)sc2Cl)ccc1F. The van der Waals surface area contributed by atoms with Gasteiger partial charge in [0.05, 0.1) is 15.6 Å². The van der Waals surface area contributed by atoms with Crippen molar-refractivity contribution >= 4 is 57.7 Å². The number of hydrogen-bond donors (Lipinski definition) is 2. The third kappa shape index (κ3) is 3.93. The van der Waals surface area contributed by atoms with Gasteiger partial charge in [-0.15, -0.1) is 11.3 Å². The molecule has 0 bridgehead atoms. The molecule has 2 rings (SSSR count). The standard InChI is InChI=1S/C13H9Cl2FN2O2S/c1-6(19)17-10-4-7(2-3-9(10)16)18-13(20)8-5-11(14)21-12(8)15/h2-5H,1H3,(H,17,19)(H,18,20). The van der Waals surface area contributed by atoms with Crippen molar-refractivity contribution in [3.63, 3.8) is 0 Å². The normalized spacial score (nSPS) is 10.3. The molecule has 0 spiro atoms. The zero-order chi connectivity index (χ0) is 15.6. The van der Waals surface area contributed by atoms with Gasteiger partial charge in [0.2, 0.25) is 5.91 Å². The molecule has 0 radical (unpaired) electrons. The Balaban J connectivity index is 2.21. The number of anilines is 2. The molecule has 0 atom stereocenters. The smallest absolute Gasteiger partial charge is 0.258 e. The van der Waals surface area contributed by atoms with E-state index in [0.717, 1.165) is 17.4 Å². The molecule has 0 saturated heterocycles. The van der Waals surface area contributed by atoms with Gasteiger partial charge in [-0.2, -0.15) is 0 Å². The van der Waals surface area contributed by atoms with E-state index in [1.807, 2.05) is 0 Å². The molecule has 2 N–H and O–H groups in total. The summed E-state index contributed by atoms with van der Waals surface area (Å²) in [5, 5.41) is 4.89. The van der Waals surface area contributed by atoms with Crippen LogP contribution in [0.3, 0.4) is 0 Å². The van der Waals surface area contributed by atoms with Gasteiger partial charge >= 0.3 is 0 Å². The lowest BCUT2D eigenvalue weighted by molar-refractivity contribution is -0.114. The Morgan fingerprint density at radius 1 is 1.19 bits per heavy atom. The average Bonchev–Trinajstić information content (AvgIpc) is 2.72. The Labute approximate surface area is 133 Å². The fourth-order valence-electron chi connectivity index (χ4n) is 1.58. The largest absolute Gasteiger partial charge is 0.324 e.